The second kappa shape index (κ2) is 6.59. The molecule has 0 aliphatic carbocycles. The second-order valence-corrected chi connectivity index (χ2v) is 4.34. The number of ether oxygens (including phenoxy) is 1. The third kappa shape index (κ3) is 4.14. The molecule has 97 valence electrons. The fraction of sp³-hybridized carbons (Fsp3) is 0.188. The van der Waals surface area contributed by atoms with Gasteiger partial charge in [-0.25, -0.2) is 0 Å². The van der Waals surface area contributed by atoms with Crippen molar-refractivity contribution in [3.63, 3.8) is 0 Å². The van der Waals surface area contributed by atoms with E-state index >= 15 is 0 Å². The molecule has 0 aliphatic heterocycles. The van der Waals surface area contributed by atoms with Gasteiger partial charge in [-0.15, -0.1) is 0 Å². The number of hydrogen-bond acceptors (Lipinski definition) is 2. The third-order valence-electron chi connectivity index (χ3n) is 2.83. The van der Waals surface area contributed by atoms with Crippen molar-refractivity contribution in [2.45, 2.75) is 13.3 Å². The van der Waals surface area contributed by atoms with Crippen molar-refractivity contribution >= 4 is 12.1 Å². The summed E-state index contributed by atoms with van der Waals surface area (Å²) in [7, 11) is 0. The van der Waals surface area contributed by atoms with Crippen LogP contribution in [0.2, 0.25) is 0 Å². The molecule has 0 fully saturated rings. The first-order chi connectivity index (χ1) is 9.28. The zero-order valence-corrected chi connectivity index (χ0v) is 10.8. The molecule has 3 heteroatoms. The summed E-state index contributed by atoms with van der Waals surface area (Å²) in [5.74, 6) is 0.795. The topological polar surface area (TPSA) is 38.3 Å². The van der Waals surface area contributed by atoms with Crippen LogP contribution in [0, 0.1) is 6.92 Å². The number of anilines is 1. The first kappa shape index (κ1) is 13.1. The Labute approximate surface area is 113 Å². The molecule has 0 aliphatic rings. The van der Waals surface area contributed by atoms with Crippen LogP contribution in [-0.4, -0.2) is 13.0 Å². The maximum absolute atomic E-state index is 10.1. The van der Waals surface area contributed by atoms with E-state index in [1.807, 2.05) is 12.1 Å². The third-order valence-corrected chi connectivity index (χ3v) is 2.83. The normalized spacial score (nSPS) is 9.95. The van der Waals surface area contributed by atoms with Crippen molar-refractivity contribution in [1.82, 2.24) is 0 Å². The largest absolute Gasteiger partial charge is 0.493 e. The lowest BCUT2D eigenvalue weighted by Crippen LogP contribution is -2.01. The van der Waals surface area contributed by atoms with E-state index in [2.05, 4.69) is 36.5 Å². The molecule has 2 aromatic rings. The zero-order chi connectivity index (χ0) is 13.5. The lowest BCUT2D eigenvalue weighted by atomic mass is 10.1. The van der Waals surface area contributed by atoms with Gasteiger partial charge in [0.05, 0.1) is 6.61 Å². The van der Waals surface area contributed by atoms with E-state index in [0.717, 1.165) is 12.2 Å². The molecular formula is C16H16NO2. The molecule has 0 spiro atoms. The van der Waals surface area contributed by atoms with Gasteiger partial charge < -0.3 is 10.1 Å². The molecule has 0 saturated carbocycles. The summed E-state index contributed by atoms with van der Waals surface area (Å²) < 4.78 is 5.65. The van der Waals surface area contributed by atoms with Crippen molar-refractivity contribution in [1.29, 1.82) is 0 Å². The number of carbonyl (C=O) groups excluding carboxylic acids is 1. The highest BCUT2D eigenvalue weighted by Gasteiger charge is 1.97. The first-order valence-electron chi connectivity index (χ1n) is 6.19. The molecular weight excluding hydrogens is 238 g/mol. The Kier molecular flexibility index (Phi) is 4.56. The van der Waals surface area contributed by atoms with E-state index < -0.39 is 0 Å². The van der Waals surface area contributed by atoms with Gasteiger partial charge in [0.15, 0.2) is 0 Å². The van der Waals surface area contributed by atoms with E-state index in [-0.39, 0.29) is 0 Å². The summed E-state index contributed by atoms with van der Waals surface area (Å²) in [5.41, 5.74) is 3.24. The minimum Gasteiger partial charge on any atom is -0.493 e. The van der Waals surface area contributed by atoms with E-state index in [9.17, 15) is 4.79 Å². The Hall–Kier alpha value is -2.29. The fourth-order valence-electron chi connectivity index (χ4n) is 1.73. The van der Waals surface area contributed by atoms with Crippen LogP contribution >= 0.6 is 0 Å². The van der Waals surface area contributed by atoms with Crippen molar-refractivity contribution in [3.05, 3.63) is 59.7 Å². The molecule has 0 atom stereocenters. The van der Waals surface area contributed by atoms with Crippen LogP contribution in [0.4, 0.5) is 5.69 Å². The number of nitrogens with one attached hydrogen (secondary N) is 1. The van der Waals surface area contributed by atoms with E-state index in [4.69, 9.17) is 4.74 Å². The summed E-state index contributed by atoms with van der Waals surface area (Å²) >= 11 is 0. The summed E-state index contributed by atoms with van der Waals surface area (Å²) in [6.07, 6.45) is 2.51. The van der Waals surface area contributed by atoms with Crippen LogP contribution in [0.15, 0.2) is 48.5 Å². The van der Waals surface area contributed by atoms with Gasteiger partial charge in [-0.1, -0.05) is 29.8 Å². The van der Waals surface area contributed by atoms with E-state index in [1.54, 1.807) is 18.5 Å². The van der Waals surface area contributed by atoms with Gasteiger partial charge in [-0.3, -0.25) is 4.79 Å². The van der Waals surface area contributed by atoms with Crippen molar-refractivity contribution in [2.75, 3.05) is 11.9 Å². The minimum absolute atomic E-state index is 0.635. The average Bonchev–Trinajstić information content (AvgIpc) is 2.43. The quantitative estimate of drug-likeness (QED) is 0.804. The van der Waals surface area contributed by atoms with Gasteiger partial charge in [0, 0.05) is 12.1 Å². The Morgan fingerprint density at radius 3 is 2.37 bits per heavy atom. The Bertz CT molecular complexity index is 517. The molecule has 0 bridgehead atoms. The summed E-state index contributed by atoms with van der Waals surface area (Å²) in [4.78, 5) is 10.1. The van der Waals surface area contributed by atoms with Gasteiger partial charge in [0.25, 0.3) is 0 Å². The van der Waals surface area contributed by atoms with Crippen molar-refractivity contribution in [2.24, 2.45) is 0 Å². The summed E-state index contributed by atoms with van der Waals surface area (Å²) in [5, 5.41) is 2.46. The van der Waals surface area contributed by atoms with Crippen LogP contribution < -0.4 is 10.1 Å². The van der Waals surface area contributed by atoms with Gasteiger partial charge in [0.2, 0.25) is 0 Å². The predicted molar refractivity (Wildman–Crippen MR) is 76.1 cm³/mol. The number of amides is 1. The Balaban J connectivity index is 1.82. The van der Waals surface area contributed by atoms with Gasteiger partial charge in [0.1, 0.15) is 5.75 Å². The maximum Gasteiger partial charge on any atom is 0.314 e. The van der Waals surface area contributed by atoms with Gasteiger partial charge in [-0.05, 0) is 36.8 Å². The molecule has 1 radical (unpaired) electrons. The second-order valence-electron chi connectivity index (χ2n) is 4.34. The summed E-state index contributed by atoms with van der Waals surface area (Å²) in [6, 6.07) is 15.7. The van der Waals surface area contributed by atoms with Gasteiger partial charge >= 0.3 is 6.41 Å². The monoisotopic (exact) mass is 254 g/mol. The highest BCUT2D eigenvalue weighted by Crippen LogP contribution is 2.15. The maximum atomic E-state index is 10.1. The number of aryl methyl sites for hydroxylation is 1. The number of benzene rings is 2. The van der Waals surface area contributed by atoms with Gasteiger partial charge in [-0.2, -0.15) is 0 Å². The van der Waals surface area contributed by atoms with E-state index in [1.165, 1.54) is 11.1 Å². The molecule has 2 rings (SSSR count). The molecule has 0 unspecified atom stereocenters. The molecule has 1 amide bonds. The lowest BCUT2D eigenvalue weighted by Gasteiger charge is -2.07. The lowest BCUT2D eigenvalue weighted by molar-refractivity contribution is 0.322. The molecule has 2 aromatic carbocycles. The Morgan fingerprint density at radius 2 is 1.74 bits per heavy atom. The average molecular weight is 254 g/mol. The molecule has 19 heavy (non-hydrogen) atoms. The van der Waals surface area contributed by atoms with Crippen LogP contribution in [0.1, 0.15) is 11.1 Å². The van der Waals surface area contributed by atoms with Crippen LogP contribution in [0.25, 0.3) is 0 Å². The predicted octanol–water partition coefficient (Wildman–Crippen LogP) is 3.10. The highest BCUT2D eigenvalue weighted by atomic mass is 16.5. The fourth-order valence-corrected chi connectivity index (χ4v) is 1.73. The molecule has 1 N–H and O–H groups in total. The van der Waals surface area contributed by atoms with E-state index in [0.29, 0.717) is 12.3 Å². The summed E-state index contributed by atoms with van der Waals surface area (Å²) in [6.45, 7) is 2.71. The van der Waals surface area contributed by atoms with Crippen molar-refractivity contribution < 1.29 is 9.53 Å². The van der Waals surface area contributed by atoms with Crippen LogP contribution in [-0.2, 0) is 11.2 Å². The molecule has 0 saturated heterocycles. The smallest absolute Gasteiger partial charge is 0.314 e. The molecule has 0 aromatic heterocycles. The molecule has 3 nitrogen and oxygen atoms in total. The van der Waals surface area contributed by atoms with Crippen LogP contribution in [0.5, 0.6) is 5.75 Å². The highest BCUT2D eigenvalue weighted by molar-refractivity contribution is 5.71. The number of rotatable bonds is 6. The number of hydrogen-bond donors (Lipinski definition) is 1. The van der Waals surface area contributed by atoms with Crippen molar-refractivity contribution in [3.8, 4) is 5.75 Å². The standard InChI is InChI=1S/C16H16NO2/c1-13-2-4-14(5-3-13)10-11-19-16-8-6-15(7-9-16)17-12-18/h2-9H,10-11H2,1H3,(H,17,18). The minimum atomic E-state index is 0.635. The van der Waals surface area contributed by atoms with Crippen LogP contribution in [0.3, 0.4) is 0 Å². The SMILES string of the molecule is Cc1ccc(CCOc2ccc(N[C]=O)cc2)cc1. The Morgan fingerprint density at radius 1 is 1.05 bits per heavy atom. The molecule has 0 heterocycles. The first-order valence-corrected chi connectivity index (χ1v) is 6.19. The zero-order valence-electron chi connectivity index (χ0n) is 10.8.